The van der Waals surface area contributed by atoms with E-state index in [0.29, 0.717) is 0 Å². The van der Waals surface area contributed by atoms with Gasteiger partial charge < -0.3 is 4.74 Å². The van der Waals surface area contributed by atoms with Gasteiger partial charge in [-0.25, -0.2) is 4.79 Å². The highest BCUT2D eigenvalue weighted by molar-refractivity contribution is 5.38. The maximum Gasteiger partial charge on any atom is 0.417 e. The van der Waals surface area contributed by atoms with Crippen LogP contribution < -0.4 is 0 Å². The largest absolute Gasteiger partial charge is 0.453 e. The van der Waals surface area contributed by atoms with Gasteiger partial charge in [-0.1, -0.05) is 0 Å². The fourth-order valence-corrected chi connectivity index (χ4v) is 0.252. The topological polar surface area (TPSA) is 50.1 Å². The van der Waals surface area contributed by atoms with Crippen LogP contribution in [-0.4, -0.2) is 12.6 Å². The second-order valence-corrected chi connectivity index (χ2v) is 1.37. The number of nitrogens with zero attached hydrogens (tertiary/aromatic N) is 1. The summed E-state index contributed by atoms with van der Waals surface area (Å²) in [5.41, 5.74) is 0. The Morgan fingerprint density at radius 1 is 1.88 bits per heavy atom. The van der Waals surface area contributed by atoms with Gasteiger partial charge in [0.15, 0.2) is 0 Å². The van der Waals surface area contributed by atoms with Crippen molar-refractivity contribution >= 4 is 6.47 Å². The van der Waals surface area contributed by atoms with Crippen LogP contribution in [0.2, 0.25) is 0 Å². The minimum Gasteiger partial charge on any atom is -0.453 e. The van der Waals surface area contributed by atoms with Crippen LogP contribution in [0, 0.1) is 11.3 Å². The highest BCUT2D eigenvalue weighted by Gasteiger charge is 1.97. The molecular weight excluding hydrogens is 106 g/mol. The molecule has 0 saturated heterocycles. The molecule has 0 aromatic heterocycles. The van der Waals surface area contributed by atoms with E-state index in [4.69, 9.17) is 5.26 Å². The van der Waals surface area contributed by atoms with Crippen molar-refractivity contribution in [1.29, 1.82) is 5.26 Å². The SMILES string of the molecule is CC(CC#N)O[C]=O. The van der Waals surface area contributed by atoms with E-state index < -0.39 is 0 Å². The normalized spacial score (nSPS) is 11.5. The van der Waals surface area contributed by atoms with E-state index >= 15 is 0 Å². The first-order chi connectivity index (χ1) is 3.81. The molecular formula is C5H6NO2. The molecule has 0 heterocycles. The molecule has 1 unspecified atom stereocenters. The number of rotatable bonds is 3. The molecule has 0 aromatic carbocycles. The fourth-order valence-electron chi connectivity index (χ4n) is 0.252. The lowest BCUT2D eigenvalue weighted by atomic mass is 10.3. The zero-order valence-electron chi connectivity index (χ0n) is 4.55. The van der Waals surface area contributed by atoms with Gasteiger partial charge in [0.05, 0.1) is 12.5 Å². The highest BCUT2D eigenvalue weighted by atomic mass is 16.5. The zero-order chi connectivity index (χ0) is 6.41. The maximum atomic E-state index is 9.43. The number of ether oxygens (including phenoxy) is 1. The van der Waals surface area contributed by atoms with Gasteiger partial charge >= 0.3 is 6.47 Å². The van der Waals surface area contributed by atoms with E-state index in [1.807, 2.05) is 6.07 Å². The third-order valence-corrected chi connectivity index (χ3v) is 0.628. The van der Waals surface area contributed by atoms with Gasteiger partial charge in [-0.3, -0.25) is 0 Å². The molecule has 0 aliphatic carbocycles. The zero-order valence-corrected chi connectivity index (χ0v) is 4.55. The van der Waals surface area contributed by atoms with E-state index in [1.54, 1.807) is 6.92 Å². The van der Waals surface area contributed by atoms with Crippen LogP contribution in [0.4, 0.5) is 0 Å². The monoisotopic (exact) mass is 112 g/mol. The molecule has 0 bridgehead atoms. The van der Waals surface area contributed by atoms with Crippen LogP contribution in [-0.2, 0) is 9.53 Å². The number of hydrogen-bond donors (Lipinski definition) is 0. The molecule has 3 nitrogen and oxygen atoms in total. The molecule has 0 aliphatic rings. The van der Waals surface area contributed by atoms with Crippen molar-refractivity contribution in [1.82, 2.24) is 0 Å². The molecule has 0 spiro atoms. The predicted molar refractivity (Wildman–Crippen MR) is 26.5 cm³/mol. The van der Waals surface area contributed by atoms with E-state index in [1.165, 1.54) is 6.47 Å². The van der Waals surface area contributed by atoms with Gasteiger partial charge in [-0.15, -0.1) is 0 Å². The molecule has 0 N–H and O–H groups in total. The lowest BCUT2D eigenvalue weighted by Gasteiger charge is -1.99. The van der Waals surface area contributed by atoms with Crippen LogP contribution in [0.15, 0.2) is 0 Å². The standard InChI is InChI=1S/C5H6NO2/c1-5(2-3-6)8-4-7/h5H,2H2,1H3. The lowest BCUT2D eigenvalue weighted by molar-refractivity contribution is 0.199. The summed E-state index contributed by atoms with van der Waals surface area (Å²) in [7, 11) is 0. The quantitative estimate of drug-likeness (QED) is 0.530. The van der Waals surface area contributed by atoms with Crippen molar-refractivity contribution < 1.29 is 9.53 Å². The van der Waals surface area contributed by atoms with E-state index in [9.17, 15) is 4.79 Å². The van der Waals surface area contributed by atoms with Crippen molar-refractivity contribution in [2.24, 2.45) is 0 Å². The first-order valence-electron chi connectivity index (χ1n) is 2.21. The average Bonchev–Trinajstić information content (AvgIpc) is 1.68. The van der Waals surface area contributed by atoms with Crippen LogP contribution in [0.25, 0.3) is 0 Å². The summed E-state index contributed by atoms with van der Waals surface area (Å²) in [6.45, 7) is 2.88. The predicted octanol–water partition coefficient (Wildman–Crippen LogP) is 0.372. The van der Waals surface area contributed by atoms with Crippen molar-refractivity contribution in [3.05, 3.63) is 0 Å². The summed E-state index contributed by atoms with van der Waals surface area (Å²) in [4.78, 5) is 9.43. The second-order valence-electron chi connectivity index (χ2n) is 1.37. The number of nitriles is 1. The summed E-state index contributed by atoms with van der Waals surface area (Å²) in [5.74, 6) is 0. The Bertz CT molecular complexity index is 105. The van der Waals surface area contributed by atoms with Gasteiger partial charge in [-0.2, -0.15) is 5.26 Å². The Morgan fingerprint density at radius 2 is 2.50 bits per heavy atom. The molecule has 0 amide bonds. The smallest absolute Gasteiger partial charge is 0.417 e. The summed E-state index contributed by atoms with van der Waals surface area (Å²) in [5, 5.41) is 8.00. The average molecular weight is 112 g/mol. The van der Waals surface area contributed by atoms with Gasteiger partial charge in [-0.05, 0) is 6.92 Å². The fraction of sp³-hybridized carbons (Fsp3) is 0.600. The third kappa shape index (κ3) is 3.16. The Hall–Kier alpha value is -1.04. The van der Waals surface area contributed by atoms with Crippen molar-refractivity contribution in [3.8, 4) is 6.07 Å². The van der Waals surface area contributed by atoms with Crippen LogP contribution >= 0.6 is 0 Å². The molecule has 1 radical (unpaired) electrons. The minimum absolute atomic E-state index is 0.231. The van der Waals surface area contributed by atoms with Gasteiger partial charge in [0.1, 0.15) is 6.10 Å². The van der Waals surface area contributed by atoms with Crippen LogP contribution in [0.5, 0.6) is 0 Å². The molecule has 0 saturated carbocycles. The van der Waals surface area contributed by atoms with E-state index in [-0.39, 0.29) is 12.5 Å². The lowest BCUT2D eigenvalue weighted by Crippen LogP contribution is -2.04. The van der Waals surface area contributed by atoms with Crippen molar-refractivity contribution in [2.45, 2.75) is 19.4 Å². The van der Waals surface area contributed by atoms with Crippen LogP contribution in [0.3, 0.4) is 0 Å². The molecule has 8 heavy (non-hydrogen) atoms. The van der Waals surface area contributed by atoms with Crippen molar-refractivity contribution in [3.63, 3.8) is 0 Å². The summed E-state index contributed by atoms with van der Waals surface area (Å²) >= 11 is 0. The summed E-state index contributed by atoms with van der Waals surface area (Å²) in [6, 6.07) is 1.85. The molecule has 0 rings (SSSR count). The molecule has 0 aliphatic heterocycles. The molecule has 43 valence electrons. The van der Waals surface area contributed by atoms with Crippen LogP contribution in [0.1, 0.15) is 13.3 Å². The molecule has 3 heteroatoms. The Morgan fingerprint density at radius 3 is 2.88 bits per heavy atom. The van der Waals surface area contributed by atoms with Gasteiger partial charge in [0.25, 0.3) is 0 Å². The third-order valence-electron chi connectivity index (χ3n) is 0.628. The van der Waals surface area contributed by atoms with Gasteiger partial charge in [0.2, 0.25) is 0 Å². The summed E-state index contributed by atoms with van der Waals surface area (Å²) in [6.07, 6.45) is -0.0904. The van der Waals surface area contributed by atoms with Gasteiger partial charge in [0, 0.05) is 0 Å². The number of hydrogen-bond acceptors (Lipinski definition) is 3. The first-order valence-corrected chi connectivity index (χ1v) is 2.21. The number of carbonyl (C=O) groups excluding carboxylic acids is 1. The molecule has 0 aromatic rings. The van der Waals surface area contributed by atoms with E-state index in [0.717, 1.165) is 0 Å². The maximum absolute atomic E-state index is 9.43. The minimum atomic E-state index is -0.322. The Balaban J connectivity index is 3.20. The van der Waals surface area contributed by atoms with Crippen molar-refractivity contribution in [2.75, 3.05) is 0 Å². The molecule has 1 atom stereocenters. The Kier molecular flexibility index (Phi) is 3.59. The molecule has 0 fully saturated rings. The first kappa shape index (κ1) is 6.96. The summed E-state index contributed by atoms with van der Waals surface area (Å²) < 4.78 is 4.25. The van der Waals surface area contributed by atoms with E-state index in [2.05, 4.69) is 4.74 Å². The second kappa shape index (κ2) is 4.13. The highest BCUT2D eigenvalue weighted by Crippen LogP contribution is 1.90. The Labute approximate surface area is 47.9 Å².